The highest BCUT2D eigenvalue weighted by Crippen LogP contribution is 2.25. The van der Waals surface area contributed by atoms with Gasteiger partial charge in [0.2, 0.25) is 0 Å². The maximum atomic E-state index is 12.9. The second kappa shape index (κ2) is 6.86. The molecule has 1 atom stereocenters. The van der Waals surface area contributed by atoms with Crippen molar-refractivity contribution in [1.29, 1.82) is 0 Å². The number of benzene rings is 2. The van der Waals surface area contributed by atoms with Crippen LogP contribution in [0.1, 0.15) is 28.0 Å². The van der Waals surface area contributed by atoms with E-state index in [4.69, 9.17) is 0 Å². The van der Waals surface area contributed by atoms with E-state index >= 15 is 0 Å². The number of piperazine rings is 1. The van der Waals surface area contributed by atoms with Crippen LogP contribution in [0.25, 0.3) is 10.9 Å². The fourth-order valence-corrected chi connectivity index (χ4v) is 4.64. The lowest BCUT2D eigenvalue weighted by Crippen LogP contribution is -2.53. The second-order valence-corrected chi connectivity index (χ2v) is 7.76. The highest BCUT2D eigenvalue weighted by atomic mass is 16.2. The van der Waals surface area contributed by atoms with E-state index in [0.29, 0.717) is 11.7 Å². The SMILES string of the molecule is O=C(c1cc2ccccc2[nH]1)N1CCN([C@H]2CCc3ccccc3C2)CC1. The van der Waals surface area contributed by atoms with Gasteiger partial charge in [0.1, 0.15) is 5.69 Å². The van der Waals surface area contributed by atoms with Crippen LogP contribution in [-0.4, -0.2) is 52.9 Å². The first-order valence-corrected chi connectivity index (χ1v) is 9.96. The number of aryl methyl sites for hydroxylation is 1. The second-order valence-electron chi connectivity index (χ2n) is 7.76. The summed E-state index contributed by atoms with van der Waals surface area (Å²) in [5.41, 5.74) is 4.75. The van der Waals surface area contributed by atoms with E-state index in [1.54, 1.807) is 0 Å². The summed E-state index contributed by atoms with van der Waals surface area (Å²) in [5.74, 6) is 0.125. The number of hydrogen-bond acceptors (Lipinski definition) is 2. The molecule has 4 nitrogen and oxygen atoms in total. The molecule has 2 heterocycles. The van der Waals surface area contributed by atoms with E-state index in [2.05, 4.69) is 34.1 Å². The highest BCUT2D eigenvalue weighted by Gasteiger charge is 2.29. The van der Waals surface area contributed by atoms with E-state index in [1.165, 1.54) is 24.0 Å². The van der Waals surface area contributed by atoms with Crippen LogP contribution < -0.4 is 0 Å². The molecule has 1 saturated heterocycles. The molecular weight excluding hydrogens is 334 g/mol. The zero-order valence-corrected chi connectivity index (χ0v) is 15.5. The molecule has 0 bridgehead atoms. The molecule has 2 aliphatic rings. The Hall–Kier alpha value is -2.59. The minimum atomic E-state index is 0.125. The predicted octanol–water partition coefficient (Wildman–Crippen LogP) is 3.48. The third-order valence-corrected chi connectivity index (χ3v) is 6.20. The van der Waals surface area contributed by atoms with E-state index in [9.17, 15) is 4.79 Å². The lowest BCUT2D eigenvalue weighted by molar-refractivity contribution is 0.0548. The van der Waals surface area contributed by atoms with Crippen LogP contribution in [0.2, 0.25) is 0 Å². The maximum absolute atomic E-state index is 12.9. The van der Waals surface area contributed by atoms with Crippen molar-refractivity contribution < 1.29 is 4.79 Å². The van der Waals surface area contributed by atoms with Crippen LogP contribution in [0.3, 0.4) is 0 Å². The average Bonchev–Trinajstić information content (AvgIpc) is 3.17. The molecule has 27 heavy (non-hydrogen) atoms. The fraction of sp³-hybridized carbons (Fsp3) is 0.348. The molecule has 3 aromatic rings. The van der Waals surface area contributed by atoms with Gasteiger partial charge in [-0.1, -0.05) is 42.5 Å². The van der Waals surface area contributed by atoms with Crippen molar-refractivity contribution in [3.8, 4) is 0 Å². The molecule has 1 aromatic heterocycles. The molecule has 0 saturated carbocycles. The number of H-pyrrole nitrogens is 1. The number of para-hydroxylation sites is 1. The van der Waals surface area contributed by atoms with Crippen molar-refractivity contribution in [3.05, 3.63) is 71.4 Å². The Morgan fingerprint density at radius 2 is 1.67 bits per heavy atom. The van der Waals surface area contributed by atoms with Gasteiger partial charge >= 0.3 is 0 Å². The molecule has 0 spiro atoms. The number of hydrogen-bond donors (Lipinski definition) is 1. The molecule has 138 valence electrons. The average molecular weight is 359 g/mol. The molecule has 4 heteroatoms. The van der Waals surface area contributed by atoms with Gasteiger partial charge in [-0.2, -0.15) is 0 Å². The maximum Gasteiger partial charge on any atom is 0.270 e. The smallest absolute Gasteiger partial charge is 0.270 e. The van der Waals surface area contributed by atoms with Gasteiger partial charge in [-0.3, -0.25) is 9.69 Å². The molecule has 2 aromatic carbocycles. The number of carbonyl (C=O) groups excluding carboxylic acids is 1. The third-order valence-electron chi connectivity index (χ3n) is 6.20. The first kappa shape index (κ1) is 16.6. The number of nitrogens with one attached hydrogen (secondary N) is 1. The van der Waals surface area contributed by atoms with Crippen LogP contribution in [0, 0.1) is 0 Å². The van der Waals surface area contributed by atoms with E-state index in [-0.39, 0.29) is 5.91 Å². The topological polar surface area (TPSA) is 39.3 Å². The van der Waals surface area contributed by atoms with Crippen molar-refractivity contribution in [1.82, 2.24) is 14.8 Å². The number of rotatable bonds is 2. The summed E-state index contributed by atoms with van der Waals surface area (Å²) in [5, 5.41) is 1.10. The van der Waals surface area contributed by atoms with Gasteiger partial charge in [0, 0.05) is 43.1 Å². The monoisotopic (exact) mass is 359 g/mol. The summed E-state index contributed by atoms with van der Waals surface area (Å²) in [4.78, 5) is 20.8. The van der Waals surface area contributed by atoms with E-state index in [1.807, 2.05) is 35.2 Å². The number of carbonyl (C=O) groups is 1. The van der Waals surface area contributed by atoms with Gasteiger partial charge in [0.15, 0.2) is 0 Å². The zero-order chi connectivity index (χ0) is 18.2. The number of aromatic nitrogens is 1. The number of amides is 1. The van der Waals surface area contributed by atoms with Crippen molar-refractivity contribution >= 4 is 16.8 Å². The van der Waals surface area contributed by atoms with Crippen LogP contribution in [0.4, 0.5) is 0 Å². The third kappa shape index (κ3) is 3.15. The van der Waals surface area contributed by atoms with Crippen molar-refractivity contribution in [2.45, 2.75) is 25.3 Å². The normalized spacial score (nSPS) is 20.6. The number of nitrogens with zero attached hydrogens (tertiary/aromatic N) is 2. The van der Waals surface area contributed by atoms with Crippen molar-refractivity contribution in [3.63, 3.8) is 0 Å². The van der Waals surface area contributed by atoms with Crippen LogP contribution >= 0.6 is 0 Å². The van der Waals surface area contributed by atoms with Gasteiger partial charge in [-0.15, -0.1) is 0 Å². The molecule has 5 rings (SSSR count). The Balaban J connectivity index is 1.23. The molecule has 1 fully saturated rings. The van der Waals surface area contributed by atoms with Crippen molar-refractivity contribution in [2.75, 3.05) is 26.2 Å². The van der Waals surface area contributed by atoms with E-state index in [0.717, 1.165) is 43.5 Å². The van der Waals surface area contributed by atoms with Gasteiger partial charge in [0.05, 0.1) is 0 Å². The Morgan fingerprint density at radius 3 is 2.48 bits per heavy atom. The van der Waals surface area contributed by atoms with Crippen LogP contribution in [0.15, 0.2) is 54.6 Å². The minimum absolute atomic E-state index is 0.125. The molecule has 1 amide bonds. The standard InChI is InChI=1S/C23H25N3O/c27-23(22-16-19-7-3-4-8-21(19)24-22)26-13-11-25(12-14-26)20-10-9-17-5-1-2-6-18(17)15-20/h1-8,16,20,24H,9-15H2/t20-/m0/s1. The predicted molar refractivity (Wildman–Crippen MR) is 108 cm³/mol. The number of aromatic amines is 1. The summed E-state index contributed by atoms with van der Waals surface area (Å²) in [6.07, 6.45) is 3.55. The summed E-state index contributed by atoms with van der Waals surface area (Å²) in [6.45, 7) is 3.57. The minimum Gasteiger partial charge on any atom is -0.351 e. The first-order chi connectivity index (χ1) is 13.3. The Labute approximate surface area is 159 Å². The lowest BCUT2D eigenvalue weighted by atomic mass is 9.87. The Bertz CT molecular complexity index is 935. The van der Waals surface area contributed by atoms with Gasteiger partial charge in [-0.25, -0.2) is 0 Å². The summed E-state index contributed by atoms with van der Waals surface area (Å²) >= 11 is 0. The van der Waals surface area contributed by atoms with Crippen LogP contribution in [-0.2, 0) is 12.8 Å². The highest BCUT2D eigenvalue weighted by molar-refractivity contribution is 5.98. The zero-order valence-electron chi connectivity index (χ0n) is 15.5. The van der Waals surface area contributed by atoms with Gasteiger partial charge in [-0.05, 0) is 42.5 Å². The van der Waals surface area contributed by atoms with Crippen LogP contribution in [0.5, 0.6) is 0 Å². The molecule has 1 N–H and O–H groups in total. The molecule has 0 radical (unpaired) electrons. The molecule has 0 unspecified atom stereocenters. The first-order valence-electron chi connectivity index (χ1n) is 9.96. The summed E-state index contributed by atoms with van der Waals surface area (Å²) in [6, 6.07) is 19.5. The Morgan fingerprint density at radius 1 is 0.926 bits per heavy atom. The summed E-state index contributed by atoms with van der Waals surface area (Å²) in [7, 11) is 0. The molecular formula is C23H25N3O. The fourth-order valence-electron chi connectivity index (χ4n) is 4.64. The largest absolute Gasteiger partial charge is 0.351 e. The van der Waals surface area contributed by atoms with Crippen molar-refractivity contribution in [2.24, 2.45) is 0 Å². The quantitative estimate of drug-likeness (QED) is 0.761. The van der Waals surface area contributed by atoms with E-state index < -0.39 is 0 Å². The lowest BCUT2D eigenvalue weighted by Gasteiger charge is -2.41. The van der Waals surface area contributed by atoms with Gasteiger partial charge < -0.3 is 9.88 Å². The van der Waals surface area contributed by atoms with Gasteiger partial charge in [0.25, 0.3) is 5.91 Å². The summed E-state index contributed by atoms with van der Waals surface area (Å²) < 4.78 is 0. The Kier molecular flexibility index (Phi) is 4.21. The molecule has 1 aliphatic heterocycles. The molecule has 1 aliphatic carbocycles. The number of fused-ring (bicyclic) bond motifs is 2.